The normalized spacial score (nSPS) is 10.2. The zero-order valence-corrected chi connectivity index (χ0v) is 15.0. The first-order chi connectivity index (χ1) is 12.8. The highest BCUT2D eigenvalue weighted by atomic mass is 16.5. The molecule has 26 heavy (non-hydrogen) atoms. The Morgan fingerprint density at radius 2 is 1.23 bits per heavy atom. The molecule has 2 N–H and O–H groups in total. The van der Waals surface area contributed by atoms with Crippen molar-refractivity contribution in [3.8, 4) is 11.5 Å². The van der Waals surface area contributed by atoms with Gasteiger partial charge < -0.3 is 20.1 Å². The molecule has 1 aromatic heterocycles. The topological polar surface area (TPSA) is 55.4 Å². The summed E-state index contributed by atoms with van der Waals surface area (Å²) < 4.78 is 10.9. The van der Waals surface area contributed by atoms with Crippen LogP contribution >= 0.6 is 0 Å². The highest BCUT2D eigenvalue weighted by Crippen LogP contribution is 2.23. The number of aromatic nitrogens is 1. The molecule has 0 aliphatic carbocycles. The summed E-state index contributed by atoms with van der Waals surface area (Å²) in [4.78, 5) is 4.37. The van der Waals surface area contributed by atoms with E-state index in [1.54, 1.807) is 6.20 Å². The summed E-state index contributed by atoms with van der Waals surface area (Å²) >= 11 is 0. The number of anilines is 4. The number of benzene rings is 2. The molecule has 0 aliphatic heterocycles. The molecule has 0 fully saturated rings. The standard InChI is InChI=1S/C21H23N3O2/c1-3-25-19-9-5-16(6-10-19)23-18-13-14-22-21(15-18)24-17-7-11-20(12-8-17)26-4-2/h5-15H,3-4H2,1-2H3,(H2,22,23,24). The van der Waals surface area contributed by atoms with E-state index in [9.17, 15) is 0 Å². The largest absolute Gasteiger partial charge is 0.494 e. The molecule has 0 aliphatic rings. The van der Waals surface area contributed by atoms with Gasteiger partial charge >= 0.3 is 0 Å². The molecule has 0 atom stereocenters. The van der Waals surface area contributed by atoms with E-state index in [0.29, 0.717) is 13.2 Å². The average molecular weight is 349 g/mol. The second kappa shape index (κ2) is 8.76. The summed E-state index contributed by atoms with van der Waals surface area (Å²) in [5, 5.41) is 6.67. The van der Waals surface area contributed by atoms with Crippen LogP contribution in [0.15, 0.2) is 66.9 Å². The molecule has 3 aromatic rings. The van der Waals surface area contributed by atoms with Gasteiger partial charge in [0.1, 0.15) is 17.3 Å². The third kappa shape index (κ3) is 4.89. The van der Waals surface area contributed by atoms with Gasteiger partial charge in [-0.3, -0.25) is 0 Å². The fourth-order valence-corrected chi connectivity index (χ4v) is 2.49. The van der Waals surface area contributed by atoms with E-state index in [-0.39, 0.29) is 0 Å². The van der Waals surface area contributed by atoms with Crippen molar-refractivity contribution in [2.75, 3.05) is 23.8 Å². The third-order valence-corrected chi connectivity index (χ3v) is 3.65. The molecule has 5 heteroatoms. The van der Waals surface area contributed by atoms with Crippen LogP contribution in [0.2, 0.25) is 0 Å². The number of hydrogen-bond donors (Lipinski definition) is 2. The Balaban J connectivity index is 1.65. The van der Waals surface area contributed by atoms with Crippen molar-refractivity contribution < 1.29 is 9.47 Å². The van der Waals surface area contributed by atoms with Crippen LogP contribution in [0.5, 0.6) is 11.5 Å². The molecular formula is C21H23N3O2. The summed E-state index contributed by atoms with van der Waals surface area (Å²) in [7, 11) is 0. The molecule has 3 rings (SSSR count). The zero-order chi connectivity index (χ0) is 18.2. The van der Waals surface area contributed by atoms with Gasteiger partial charge in [0.2, 0.25) is 0 Å². The first-order valence-corrected chi connectivity index (χ1v) is 8.72. The van der Waals surface area contributed by atoms with Gasteiger partial charge in [-0.15, -0.1) is 0 Å². The molecule has 0 bridgehead atoms. The minimum absolute atomic E-state index is 0.660. The first-order valence-electron chi connectivity index (χ1n) is 8.72. The second-order valence-electron chi connectivity index (χ2n) is 5.59. The van der Waals surface area contributed by atoms with Crippen LogP contribution in [0, 0.1) is 0 Å². The zero-order valence-electron chi connectivity index (χ0n) is 15.0. The summed E-state index contributed by atoms with van der Waals surface area (Å²) in [6.45, 7) is 5.27. The van der Waals surface area contributed by atoms with E-state index >= 15 is 0 Å². The average Bonchev–Trinajstić information content (AvgIpc) is 2.66. The van der Waals surface area contributed by atoms with Crippen molar-refractivity contribution in [3.63, 3.8) is 0 Å². The number of nitrogens with zero attached hydrogens (tertiary/aromatic N) is 1. The molecule has 2 aromatic carbocycles. The number of ether oxygens (including phenoxy) is 2. The molecule has 0 saturated heterocycles. The van der Waals surface area contributed by atoms with Gasteiger partial charge in [0.25, 0.3) is 0 Å². The lowest BCUT2D eigenvalue weighted by Gasteiger charge is -2.11. The Hall–Kier alpha value is -3.21. The van der Waals surface area contributed by atoms with Gasteiger partial charge in [-0.05, 0) is 68.4 Å². The van der Waals surface area contributed by atoms with Gasteiger partial charge in [0.15, 0.2) is 0 Å². The fourth-order valence-electron chi connectivity index (χ4n) is 2.49. The van der Waals surface area contributed by atoms with E-state index in [0.717, 1.165) is 34.4 Å². The molecule has 1 heterocycles. The van der Waals surface area contributed by atoms with E-state index in [1.807, 2.05) is 74.5 Å². The Labute approximate surface area is 154 Å². The summed E-state index contributed by atoms with van der Waals surface area (Å²) in [6.07, 6.45) is 1.77. The van der Waals surface area contributed by atoms with Crippen LogP contribution < -0.4 is 20.1 Å². The minimum Gasteiger partial charge on any atom is -0.494 e. The highest BCUT2D eigenvalue weighted by Gasteiger charge is 2.01. The van der Waals surface area contributed by atoms with Crippen molar-refractivity contribution in [1.29, 1.82) is 0 Å². The van der Waals surface area contributed by atoms with Crippen LogP contribution in [0.1, 0.15) is 13.8 Å². The fraction of sp³-hybridized carbons (Fsp3) is 0.190. The smallest absolute Gasteiger partial charge is 0.132 e. The highest BCUT2D eigenvalue weighted by molar-refractivity contribution is 5.66. The second-order valence-corrected chi connectivity index (χ2v) is 5.59. The number of rotatable bonds is 8. The van der Waals surface area contributed by atoms with Crippen LogP contribution in [0.3, 0.4) is 0 Å². The molecule has 0 amide bonds. The maximum atomic E-state index is 5.46. The maximum Gasteiger partial charge on any atom is 0.132 e. The third-order valence-electron chi connectivity index (χ3n) is 3.65. The van der Waals surface area contributed by atoms with Crippen molar-refractivity contribution in [1.82, 2.24) is 4.98 Å². The van der Waals surface area contributed by atoms with Crippen molar-refractivity contribution >= 4 is 22.9 Å². The molecule has 0 radical (unpaired) electrons. The lowest BCUT2D eigenvalue weighted by atomic mass is 10.2. The van der Waals surface area contributed by atoms with Crippen molar-refractivity contribution in [2.24, 2.45) is 0 Å². The van der Waals surface area contributed by atoms with Gasteiger partial charge in [-0.2, -0.15) is 0 Å². The molecule has 134 valence electrons. The number of nitrogens with one attached hydrogen (secondary N) is 2. The van der Waals surface area contributed by atoms with E-state index in [1.165, 1.54) is 0 Å². The molecular weight excluding hydrogens is 326 g/mol. The van der Waals surface area contributed by atoms with Gasteiger partial charge in [0, 0.05) is 29.3 Å². The predicted octanol–water partition coefficient (Wildman–Crippen LogP) is 5.37. The number of hydrogen-bond acceptors (Lipinski definition) is 5. The van der Waals surface area contributed by atoms with Gasteiger partial charge in [0.05, 0.1) is 13.2 Å². The molecule has 0 saturated carbocycles. The monoisotopic (exact) mass is 349 g/mol. The summed E-state index contributed by atoms with van der Waals surface area (Å²) in [5.74, 6) is 2.49. The van der Waals surface area contributed by atoms with Crippen LogP contribution in [-0.2, 0) is 0 Å². The summed E-state index contributed by atoms with van der Waals surface area (Å²) in [5.41, 5.74) is 2.91. The molecule has 0 unspecified atom stereocenters. The molecule has 0 spiro atoms. The maximum absolute atomic E-state index is 5.46. The van der Waals surface area contributed by atoms with Crippen molar-refractivity contribution in [2.45, 2.75) is 13.8 Å². The van der Waals surface area contributed by atoms with Crippen LogP contribution in [0.4, 0.5) is 22.9 Å². The van der Waals surface area contributed by atoms with Crippen molar-refractivity contribution in [3.05, 3.63) is 66.9 Å². The summed E-state index contributed by atoms with van der Waals surface area (Å²) in [6, 6.07) is 19.6. The lowest BCUT2D eigenvalue weighted by molar-refractivity contribution is 0.340. The van der Waals surface area contributed by atoms with Crippen LogP contribution in [-0.4, -0.2) is 18.2 Å². The van der Waals surface area contributed by atoms with Gasteiger partial charge in [-0.1, -0.05) is 0 Å². The Morgan fingerprint density at radius 1 is 0.692 bits per heavy atom. The SMILES string of the molecule is CCOc1ccc(Nc2ccnc(Nc3ccc(OCC)cc3)c2)cc1. The van der Waals surface area contributed by atoms with E-state index < -0.39 is 0 Å². The Morgan fingerprint density at radius 3 is 1.77 bits per heavy atom. The number of pyridine rings is 1. The molecule has 5 nitrogen and oxygen atoms in total. The van der Waals surface area contributed by atoms with E-state index in [2.05, 4.69) is 15.6 Å². The Bertz CT molecular complexity index is 751. The van der Waals surface area contributed by atoms with Crippen LogP contribution in [0.25, 0.3) is 0 Å². The Kier molecular flexibility index (Phi) is 5.93. The minimum atomic E-state index is 0.660. The first kappa shape index (κ1) is 17.6. The lowest BCUT2D eigenvalue weighted by Crippen LogP contribution is -1.97. The van der Waals surface area contributed by atoms with E-state index in [4.69, 9.17) is 9.47 Å². The predicted molar refractivity (Wildman–Crippen MR) is 106 cm³/mol. The quantitative estimate of drug-likeness (QED) is 0.573. The van der Waals surface area contributed by atoms with Gasteiger partial charge in [-0.25, -0.2) is 4.98 Å².